The summed E-state index contributed by atoms with van der Waals surface area (Å²) in [7, 11) is 1.60. The molecule has 7 nitrogen and oxygen atoms in total. The molecule has 2 aromatic heterocycles. The van der Waals surface area contributed by atoms with Crippen molar-refractivity contribution < 1.29 is 14.3 Å². The molecule has 0 radical (unpaired) electrons. The molecule has 1 aliphatic heterocycles. The molecule has 1 fully saturated rings. The summed E-state index contributed by atoms with van der Waals surface area (Å²) in [6, 6.07) is 15.0. The van der Waals surface area contributed by atoms with Gasteiger partial charge in [-0.2, -0.15) is 0 Å². The number of carbonyl (C=O) groups excluding carboxylic acids is 2. The van der Waals surface area contributed by atoms with E-state index in [-0.39, 0.29) is 17.7 Å². The zero-order valence-corrected chi connectivity index (χ0v) is 19.3. The lowest BCUT2D eigenvalue weighted by molar-refractivity contribution is -0.117. The molecule has 1 N–H and O–H groups in total. The van der Waals surface area contributed by atoms with E-state index in [0.29, 0.717) is 33.0 Å². The number of nitrogens with one attached hydrogen (secondary N) is 1. The number of fused-ring (bicyclic) bond motifs is 1. The molecule has 10 heteroatoms. The van der Waals surface area contributed by atoms with E-state index in [1.54, 1.807) is 12.0 Å². The first-order valence-electron chi connectivity index (χ1n) is 9.79. The number of benzene rings is 2. The second-order valence-corrected chi connectivity index (χ2v) is 9.68. The van der Waals surface area contributed by atoms with Gasteiger partial charge in [0.25, 0.3) is 5.91 Å². The highest BCUT2D eigenvalue weighted by atomic mass is 35.5. The van der Waals surface area contributed by atoms with Gasteiger partial charge in [-0.25, -0.2) is 0 Å². The number of rotatable bonds is 5. The highest BCUT2D eigenvalue weighted by Crippen LogP contribution is 2.37. The number of hydrogen-bond donors (Lipinski definition) is 1. The topological polar surface area (TPSA) is 84.4 Å². The van der Waals surface area contributed by atoms with Crippen molar-refractivity contribution in [1.29, 1.82) is 0 Å². The van der Waals surface area contributed by atoms with Crippen LogP contribution in [0.2, 0.25) is 5.02 Å². The number of amides is 2. The number of anilines is 2. The molecule has 1 saturated heterocycles. The summed E-state index contributed by atoms with van der Waals surface area (Å²) in [5, 5.41) is 13.5. The second kappa shape index (κ2) is 8.50. The summed E-state index contributed by atoms with van der Waals surface area (Å²) in [4.78, 5) is 27.5. The molecular weight excluding hydrogens is 468 g/mol. The Morgan fingerprint density at radius 2 is 1.94 bits per heavy atom. The zero-order valence-electron chi connectivity index (χ0n) is 16.9. The normalized spacial score (nSPS) is 16.0. The number of thiophene rings is 1. The van der Waals surface area contributed by atoms with E-state index < -0.39 is 0 Å². The average Bonchev–Trinajstić information content (AvgIpc) is 3.51. The first-order chi connectivity index (χ1) is 15.5. The standard InChI is InChI=1S/C22H17ClN4O3S2/c1-30-14-8-6-13(7-9-14)27-11-12(10-17(27)28)21-25-26-22(32-21)24-20(29)19-18(23)15-4-2-3-5-16(15)31-19/h2-9,12H,10-11H2,1H3,(H,24,26,29)/t12-/m1/s1. The van der Waals surface area contributed by atoms with Crippen LogP contribution in [0.4, 0.5) is 10.8 Å². The molecule has 2 aromatic carbocycles. The van der Waals surface area contributed by atoms with Crippen LogP contribution >= 0.6 is 34.3 Å². The van der Waals surface area contributed by atoms with Gasteiger partial charge in [0.05, 0.1) is 12.1 Å². The molecule has 0 saturated carbocycles. The van der Waals surface area contributed by atoms with E-state index in [2.05, 4.69) is 15.5 Å². The molecule has 32 heavy (non-hydrogen) atoms. The fourth-order valence-corrected chi connectivity index (χ4v) is 5.89. The Bertz CT molecular complexity index is 1320. The Kier molecular flexibility index (Phi) is 5.54. The van der Waals surface area contributed by atoms with Crippen molar-refractivity contribution in [2.75, 3.05) is 23.9 Å². The van der Waals surface area contributed by atoms with Crippen LogP contribution in [0.15, 0.2) is 48.5 Å². The molecule has 1 aliphatic rings. The van der Waals surface area contributed by atoms with E-state index in [0.717, 1.165) is 21.5 Å². The van der Waals surface area contributed by atoms with Crippen molar-refractivity contribution >= 4 is 67.0 Å². The van der Waals surface area contributed by atoms with Crippen LogP contribution in [0.3, 0.4) is 0 Å². The number of ether oxygens (including phenoxy) is 1. The second-order valence-electron chi connectivity index (χ2n) is 7.24. The first kappa shape index (κ1) is 20.9. The van der Waals surface area contributed by atoms with E-state index in [9.17, 15) is 9.59 Å². The zero-order chi connectivity index (χ0) is 22.2. The monoisotopic (exact) mass is 484 g/mol. The Morgan fingerprint density at radius 1 is 1.16 bits per heavy atom. The predicted octanol–water partition coefficient (Wildman–Crippen LogP) is 5.19. The van der Waals surface area contributed by atoms with Gasteiger partial charge in [-0.3, -0.25) is 14.9 Å². The third-order valence-corrected chi connectivity index (χ3v) is 7.94. The van der Waals surface area contributed by atoms with E-state index in [1.807, 2.05) is 48.5 Å². The molecule has 162 valence electrons. The minimum absolute atomic E-state index is 0.0259. The molecule has 3 heterocycles. The maximum Gasteiger partial charge on any atom is 0.269 e. The Labute approximate surface area is 196 Å². The number of aromatic nitrogens is 2. The largest absolute Gasteiger partial charge is 0.497 e. The molecule has 0 aliphatic carbocycles. The molecule has 1 atom stereocenters. The minimum atomic E-state index is -0.318. The van der Waals surface area contributed by atoms with Gasteiger partial charge in [-0.15, -0.1) is 21.5 Å². The molecule has 2 amide bonds. The van der Waals surface area contributed by atoms with E-state index in [1.165, 1.54) is 22.7 Å². The van der Waals surface area contributed by atoms with E-state index in [4.69, 9.17) is 16.3 Å². The van der Waals surface area contributed by atoms with Crippen molar-refractivity contribution in [3.63, 3.8) is 0 Å². The van der Waals surface area contributed by atoms with Crippen molar-refractivity contribution in [3.8, 4) is 5.75 Å². The van der Waals surface area contributed by atoms with Crippen molar-refractivity contribution in [3.05, 3.63) is 63.4 Å². The third-order valence-electron chi connectivity index (χ3n) is 5.26. The van der Waals surface area contributed by atoms with Gasteiger partial charge >= 0.3 is 0 Å². The van der Waals surface area contributed by atoms with Crippen molar-refractivity contribution in [1.82, 2.24) is 10.2 Å². The van der Waals surface area contributed by atoms with Gasteiger partial charge in [-0.05, 0) is 30.3 Å². The lowest BCUT2D eigenvalue weighted by Gasteiger charge is -2.16. The Balaban J connectivity index is 1.29. The van der Waals surface area contributed by atoms with E-state index >= 15 is 0 Å². The summed E-state index contributed by atoms with van der Waals surface area (Å²) < 4.78 is 6.13. The van der Waals surface area contributed by atoms with Gasteiger partial charge in [-0.1, -0.05) is 41.1 Å². The highest BCUT2D eigenvalue weighted by molar-refractivity contribution is 7.22. The summed E-state index contributed by atoms with van der Waals surface area (Å²) in [6.45, 7) is 0.510. The molecule has 0 bridgehead atoms. The van der Waals surface area contributed by atoms with Crippen LogP contribution in [0.25, 0.3) is 10.1 Å². The minimum Gasteiger partial charge on any atom is -0.497 e. The van der Waals surface area contributed by atoms with Crippen LogP contribution in [-0.4, -0.2) is 35.7 Å². The molecule has 5 rings (SSSR count). The molecule has 0 spiro atoms. The summed E-state index contributed by atoms with van der Waals surface area (Å²) in [6.07, 6.45) is 0.344. The number of carbonyl (C=O) groups is 2. The fourth-order valence-electron chi connectivity index (χ4n) is 3.65. The maximum atomic E-state index is 12.8. The highest BCUT2D eigenvalue weighted by Gasteiger charge is 2.34. The average molecular weight is 485 g/mol. The van der Waals surface area contributed by atoms with Crippen LogP contribution in [0.5, 0.6) is 5.75 Å². The van der Waals surface area contributed by atoms with Crippen molar-refractivity contribution in [2.45, 2.75) is 12.3 Å². The number of nitrogens with zero attached hydrogens (tertiary/aromatic N) is 3. The molecule has 4 aromatic rings. The van der Waals surface area contributed by atoms with Gasteiger partial charge in [0.15, 0.2) is 0 Å². The van der Waals surface area contributed by atoms with Gasteiger partial charge in [0.1, 0.15) is 15.6 Å². The number of halogens is 1. The Morgan fingerprint density at radius 3 is 2.69 bits per heavy atom. The molecular formula is C22H17ClN4O3S2. The lowest BCUT2D eigenvalue weighted by Crippen LogP contribution is -2.24. The SMILES string of the molecule is COc1ccc(N2C[C@H](c3nnc(NC(=O)c4sc5ccccc5c4Cl)s3)CC2=O)cc1. The molecule has 0 unspecified atom stereocenters. The van der Waals surface area contributed by atoms with Crippen LogP contribution in [0, 0.1) is 0 Å². The van der Waals surface area contributed by atoms with Gasteiger partial charge in [0, 0.05) is 34.7 Å². The van der Waals surface area contributed by atoms with Crippen LogP contribution < -0.4 is 15.0 Å². The summed E-state index contributed by atoms with van der Waals surface area (Å²) in [5.41, 5.74) is 0.816. The first-order valence-corrected chi connectivity index (χ1v) is 11.8. The fraction of sp³-hybridized carbons (Fsp3) is 0.182. The number of hydrogen-bond acceptors (Lipinski definition) is 7. The van der Waals surface area contributed by atoms with Crippen LogP contribution in [-0.2, 0) is 4.79 Å². The quantitative estimate of drug-likeness (QED) is 0.421. The lowest BCUT2D eigenvalue weighted by atomic mass is 10.1. The third kappa shape index (κ3) is 3.83. The predicted molar refractivity (Wildman–Crippen MR) is 127 cm³/mol. The Hall–Kier alpha value is -3.01. The van der Waals surface area contributed by atoms with Gasteiger partial charge < -0.3 is 9.64 Å². The maximum absolute atomic E-state index is 12.8. The van der Waals surface area contributed by atoms with Crippen molar-refractivity contribution in [2.24, 2.45) is 0 Å². The summed E-state index contributed by atoms with van der Waals surface area (Å²) in [5.74, 6) is 0.361. The van der Waals surface area contributed by atoms with Gasteiger partial charge in [0.2, 0.25) is 11.0 Å². The van der Waals surface area contributed by atoms with Crippen LogP contribution in [0.1, 0.15) is 27.0 Å². The number of methoxy groups -OCH3 is 1. The smallest absolute Gasteiger partial charge is 0.269 e. The summed E-state index contributed by atoms with van der Waals surface area (Å²) >= 11 is 9.02.